The molecule has 3 fully saturated rings. The lowest BCUT2D eigenvalue weighted by atomic mass is 9.88. The molecule has 9 nitrogen and oxygen atoms in total. The number of nitrogens with one attached hydrogen (secondary N) is 1. The Morgan fingerprint density at radius 2 is 2.25 bits per heavy atom. The highest BCUT2D eigenvalue weighted by Crippen LogP contribution is 2.63. The maximum Gasteiger partial charge on any atom is 0.410 e. The van der Waals surface area contributed by atoms with Gasteiger partial charge in [0, 0.05) is 30.9 Å². The van der Waals surface area contributed by atoms with Crippen LogP contribution in [0.1, 0.15) is 23.2 Å². The molecule has 1 aromatic rings. The lowest BCUT2D eigenvalue weighted by Gasteiger charge is -2.27. The molecule has 2 saturated heterocycles. The molecule has 2 aliphatic carbocycles. The summed E-state index contributed by atoms with van der Waals surface area (Å²) < 4.78 is 9.92. The van der Waals surface area contributed by atoms with Gasteiger partial charge in [-0.2, -0.15) is 0 Å². The summed E-state index contributed by atoms with van der Waals surface area (Å²) in [6.45, 7) is 2.13. The molecule has 4 aliphatic rings. The molecule has 3 heterocycles. The van der Waals surface area contributed by atoms with Gasteiger partial charge in [0.1, 0.15) is 6.10 Å². The van der Waals surface area contributed by atoms with Gasteiger partial charge in [0.2, 0.25) is 0 Å². The zero-order valence-corrected chi connectivity index (χ0v) is 17.9. The number of methoxy groups -OCH3 is 1. The van der Waals surface area contributed by atoms with E-state index in [9.17, 15) is 14.4 Å². The lowest BCUT2D eigenvalue weighted by molar-refractivity contribution is 0.0768. The van der Waals surface area contributed by atoms with Crippen LogP contribution in [0.5, 0.6) is 0 Å². The van der Waals surface area contributed by atoms with Crippen LogP contribution in [0.4, 0.5) is 9.59 Å². The average molecular weight is 438 g/mol. The van der Waals surface area contributed by atoms with Crippen LogP contribution in [0.3, 0.4) is 0 Å². The van der Waals surface area contributed by atoms with E-state index in [4.69, 9.17) is 4.74 Å². The number of likely N-dealkylation sites (tertiary alicyclic amines) is 1. The topological polar surface area (TPSA) is 101 Å². The fourth-order valence-electron chi connectivity index (χ4n) is 5.15. The molecule has 3 amide bonds. The van der Waals surface area contributed by atoms with Gasteiger partial charge in [-0.25, -0.2) is 9.59 Å². The molecule has 9 heteroatoms. The summed E-state index contributed by atoms with van der Waals surface area (Å²) in [5.41, 5.74) is 1.93. The fourth-order valence-corrected chi connectivity index (χ4v) is 5.15. The standard InChI is InChI=1S/C23H26N4O5/c1-31-21(29)25-11-19-13-27(22(30)32-19)18-6-4-16(5-7-18)23-9-17(23)12-26(14-23)20(28)15-3-2-8-24-10-15/h2-6,8,10,17-19H,7,9,11-14H2,1H3,(H,25,29)/t17?,18?,19-,23?/m0/s1. The minimum Gasteiger partial charge on any atom is -0.453 e. The fraction of sp³-hybridized carbons (Fsp3) is 0.478. The zero-order valence-electron chi connectivity index (χ0n) is 17.9. The van der Waals surface area contributed by atoms with Crippen molar-refractivity contribution in [3.63, 3.8) is 0 Å². The summed E-state index contributed by atoms with van der Waals surface area (Å²) in [6.07, 6.45) is 10.2. The molecule has 0 bridgehead atoms. The van der Waals surface area contributed by atoms with Gasteiger partial charge in [-0.1, -0.05) is 18.2 Å². The van der Waals surface area contributed by atoms with E-state index in [0.717, 1.165) is 19.5 Å². The molecule has 168 valence electrons. The van der Waals surface area contributed by atoms with Crippen molar-refractivity contribution in [2.45, 2.75) is 25.0 Å². The molecule has 3 unspecified atom stereocenters. The third kappa shape index (κ3) is 3.61. The third-order valence-corrected chi connectivity index (χ3v) is 6.96. The summed E-state index contributed by atoms with van der Waals surface area (Å²) in [5, 5.41) is 2.57. The average Bonchev–Trinajstić information content (AvgIpc) is 3.19. The van der Waals surface area contributed by atoms with Crippen LogP contribution < -0.4 is 5.32 Å². The number of alkyl carbamates (subject to hydrolysis) is 1. The Morgan fingerprint density at radius 1 is 1.38 bits per heavy atom. The van der Waals surface area contributed by atoms with Gasteiger partial charge < -0.3 is 19.7 Å². The number of hydrogen-bond donors (Lipinski definition) is 1. The second-order valence-electron chi connectivity index (χ2n) is 8.84. The number of allylic oxidation sites excluding steroid dienone is 1. The predicted octanol–water partition coefficient (Wildman–Crippen LogP) is 1.98. The quantitative estimate of drug-likeness (QED) is 0.754. The molecule has 1 aromatic heterocycles. The van der Waals surface area contributed by atoms with E-state index in [1.165, 1.54) is 12.7 Å². The summed E-state index contributed by atoms with van der Waals surface area (Å²) in [7, 11) is 1.29. The molecule has 1 N–H and O–H groups in total. The van der Waals surface area contributed by atoms with E-state index in [1.54, 1.807) is 29.4 Å². The van der Waals surface area contributed by atoms with Crippen LogP contribution in [-0.4, -0.2) is 78.3 Å². The molecule has 0 aromatic carbocycles. The number of carbonyl (C=O) groups is 3. The number of carbonyl (C=O) groups excluding carboxylic acids is 3. The zero-order chi connectivity index (χ0) is 22.3. The van der Waals surface area contributed by atoms with Crippen molar-refractivity contribution in [3.8, 4) is 0 Å². The Kier molecular flexibility index (Phi) is 5.11. The van der Waals surface area contributed by atoms with Gasteiger partial charge in [-0.15, -0.1) is 0 Å². The molecule has 2 aliphatic heterocycles. The highest BCUT2D eigenvalue weighted by molar-refractivity contribution is 5.94. The molecule has 32 heavy (non-hydrogen) atoms. The molecule has 1 saturated carbocycles. The van der Waals surface area contributed by atoms with Crippen LogP contribution in [-0.2, 0) is 9.47 Å². The number of cyclic esters (lactones) is 1. The van der Waals surface area contributed by atoms with Gasteiger partial charge in [-0.05, 0) is 36.5 Å². The van der Waals surface area contributed by atoms with E-state index in [-0.39, 0.29) is 30.0 Å². The number of aromatic nitrogens is 1. The van der Waals surface area contributed by atoms with E-state index in [0.29, 0.717) is 24.4 Å². The molecule has 4 atom stereocenters. The Bertz CT molecular complexity index is 993. The van der Waals surface area contributed by atoms with Crippen LogP contribution in [0.25, 0.3) is 0 Å². The molecule has 0 radical (unpaired) electrons. The van der Waals surface area contributed by atoms with E-state index >= 15 is 0 Å². The van der Waals surface area contributed by atoms with Crippen molar-refractivity contribution in [1.82, 2.24) is 20.1 Å². The van der Waals surface area contributed by atoms with Crippen molar-refractivity contribution in [2.24, 2.45) is 11.3 Å². The van der Waals surface area contributed by atoms with Gasteiger partial charge in [0.05, 0.1) is 31.8 Å². The number of amides is 3. The smallest absolute Gasteiger partial charge is 0.410 e. The third-order valence-electron chi connectivity index (χ3n) is 6.96. The number of nitrogens with zero attached hydrogens (tertiary/aromatic N) is 3. The Morgan fingerprint density at radius 3 is 2.97 bits per heavy atom. The van der Waals surface area contributed by atoms with Crippen LogP contribution in [0.2, 0.25) is 0 Å². The second-order valence-corrected chi connectivity index (χ2v) is 8.84. The Balaban J connectivity index is 1.18. The van der Waals surface area contributed by atoms with Gasteiger partial charge in [0.25, 0.3) is 5.91 Å². The van der Waals surface area contributed by atoms with E-state index < -0.39 is 12.2 Å². The lowest BCUT2D eigenvalue weighted by Crippen LogP contribution is -2.38. The van der Waals surface area contributed by atoms with Crippen LogP contribution in [0, 0.1) is 11.3 Å². The number of hydrogen-bond acceptors (Lipinski definition) is 6. The van der Waals surface area contributed by atoms with Gasteiger partial charge in [0.15, 0.2) is 0 Å². The first-order valence-corrected chi connectivity index (χ1v) is 10.9. The number of rotatable bonds is 5. The van der Waals surface area contributed by atoms with Crippen molar-refractivity contribution >= 4 is 18.1 Å². The SMILES string of the molecule is COC(=O)NC[C@H]1CN(C2C=CC(C34CC3CN(C(=O)c3cccnc3)C4)=CC2)C(=O)O1. The second kappa shape index (κ2) is 7.96. The minimum atomic E-state index is -0.546. The number of fused-ring (bicyclic) bond motifs is 1. The number of piperidine rings is 1. The first-order chi connectivity index (χ1) is 15.5. The highest BCUT2D eigenvalue weighted by atomic mass is 16.6. The first-order valence-electron chi connectivity index (χ1n) is 10.9. The van der Waals surface area contributed by atoms with Crippen molar-refractivity contribution in [1.29, 1.82) is 0 Å². The molecular weight excluding hydrogens is 412 g/mol. The van der Waals surface area contributed by atoms with Crippen molar-refractivity contribution in [2.75, 3.05) is 33.3 Å². The Labute approximate surface area is 186 Å². The highest BCUT2D eigenvalue weighted by Gasteiger charge is 2.62. The maximum absolute atomic E-state index is 12.8. The normalized spacial score (nSPS) is 30.5. The first kappa shape index (κ1) is 20.5. The van der Waals surface area contributed by atoms with Gasteiger partial charge >= 0.3 is 12.2 Å². The molecule has 0 spiro atoms. The molecular formula is C23H26N4O5. The predicted molar refractivity (Wildman–Crippen MR) is 114 cm³/mol. The van der Waals surface area contributed by atoms with E-state index in [1.807, 2.05) is 4.90 Å². The van der Waals surface area contributed by atoms with Crippen molar-refractivity contribution in [3.05, 3.63) is 53.9 Å². The van der Waals surface area contributed by atoms with Crippen LogP contribution >= 0.6 is 0 Å². The molecule has 5 rings (SSSR count). The number of ether oxygens (including phenoxy) is 2. The van der Waals surface area contributed by atoms with Crippen molar-refractivity contribution < 1.29 is 23.9 Å². The van der Waals surface area contributed by atoms with Gasteiger partial charge in [-0.3, -0.25) is 14.7 Å². The summed E-state index contributed by atoms with van der Waals surface area (Å²) >= 11 is 0. The summed E-state index contributed by atoms with van der Waals surface area (Å²) in [6, 6.07) is 3.52. The summed E-state index contributed by atoms with van der Waals surface area (Å²) in [5.74, 6) is 0.524. The monoisotopic (exact) mass is 438 g/mol. The van der Waals surface area contributed by atoms with Crippen LogP contribution in [0.15, 0.2) is 48.3 Å². The Hall–Kier alpha value is -3.36. The summed E-state index contributed by atoms with van der Waals surface area (Å²) in [4.78, 5) is 44.0. The maximum atomic E-state index is 12.8. The minimum absolute atomic E-state index is 0.0364. The largest absolute Gasteiger partial charge is 0.453 e. The number of pyridine rings is 1. The van der Waals surface area contributed by atoms with E-state index in [2.05, 4.69) is 33.3 Å².